The largest absolute Gasteiger partial charge is 0.445 e. The maximum Gasteiger partial charge on any atom is 0.194 e. The summed E-state index contributed by atoms with van der Waals surface area (Å²) in [7, 11) is 0. The molecule has 1 N–H and O–H groups in total. The van der Waals surface area contributed by atoms with Crippen LogP contribution in [0.15, 0.2) is 10.6 Å². The van der Waals surface area contributed by atoms with Gasteiger partial charge in [0.2, 0.25) is 0 Å². The van der Waals surface area contributed by atoms with E-state index in [4.69, 9.17) is 4.42 Å². The van der Waals surface area contributed by atoms with Crippen LogP contribution in [-0.2, 0) is 11.8 Å². The van der Waals surface area contributed by atoms with Crippen LogP contribution in [0.1, 0.15) is 51.7 Å². The highest BCUT2D eigenvalue weighted by atomic mass is 16.4. The second-order valence-corrected chi connectivity index (χ2v) is 5.70. The Morgan fingerprint density at radius 1 is 1.44 bits per heavy atom. The zero-order chi connectivity index (χ0) is 11.6. The molecular formula is C13H22N2O. The van der Waals surface area contributed by atoms with Gasteiger partial charge in [-0.1, -0.05) is 20.8 Å². The number of oxazole rings is 1. The monoisotopic (exact) mass is 222 g/mol. The third-order valence-corrected chi connectivity index (χ3v) is 2.87. The molecule has 90 valence electrons. The smallest absolute Gasteiger partial charge is 0.194 e. The lowest BCUT2D eigenvalue weighted by Gasteiger charge is -2.13. The van der Waals surface area contributed by atoms with Crippen molar-refractivity contribution < 1.29 is 4.42 Å². The predicted octanol–water partition coefficient (Wildman–Crippen LogP) is 2.66. The molecule has 1 saturated carbocycles. The van der Waals surface area contributed by atoms with Gasteiger partial charge in [-0.25, -0.2) is 4.98 Å². The van der Waals surface area contributed by atoms with E-state index in [0.29, 0.717) is 0 Å². The normalized spacial score (nSPS) is 16.7. The number of rotatable bonds is 5. The molecule has 0 saturated heterocycles. The van der Waals surface area contributed by atoms with Gasteiger partial charge < -0.3 is 9.73 Å². The van der Waals surface area contributed by atoms with Crippen LogP contribution in [0.2, 0.25) is 0 Å². The van der Waals surface area contributed by atoms with Crippen LogP contribution in [0.3, 0.4) is 0 Å². The third kappa shape index (κ3) is 3.34. The highest BCUT2D eigenvalue weighted by Gasteiger charge is 2.20. The minimum absolute atomic E-state index is 0.0670. The molecule has 0 spiro atoms. The van der Waals surface area contributed by atoms with Crippen molar-refractivity contribution in [3.8, 4) is 0 Å². The van der Waals surface area contributed by atoms with Gasteiger partial charge >= 0.3 is 0 Å². The van der Waals surface area contributed by atoms with Crippen LogP contribution >= 0.6 is 0 Å². The highest BCUT2D eigenvalue weighted by molar-refractivity contribution is 5.06. The van der Waals surface area contributed by atoms with Gasteiger partial charge in [0.25, 0.3) is 0 Å². The molecular weight excluding hydrogens is 200 g/mol. The van der Waals surface area contributed by atoms with Crippen molar-refractivity contribution in [1.29, 1.82) is 0 Å². The third-order valence-electron chi connectivity index (χ3n) is 2.87. The van der Waals surface area contributed by atoms with E-state index in [2.05, 4.69) is 31.1 Å². The van der Waals surface area contributed by atoms with Gasteiger partial charge in [0.15, 0.2) is 5.89 Å². The molecule has 0 amide bonds. The summed E-state index contributed by atoms with van der Waals surface area (Å²) in [6.45, 7) is 7.52. The van der Waals surface area contributed by atoms with Crippen LogP contribution in [0.25, 0.3) is 0 Å². The molecule has 2 rings (SSSR count). The van der Waals surface area contributed by atoms with Gasteiger partial charge in [0.1, 0.15) is 5.76 Å². The molecule has 1 aliphatic rings. The van der Waals surface area contributed by atoms with E-state index in [1.807, 2.05) is 6.20 Å². The van der Waals surface area contributed by atoms with Crippen LogP contribution in [0, 0.1) is 0 Å². The summed E-state index contributed by atoms with van der Waals surface area (Å²) in [6.07, 6.45) is 6.63. The molecule has 0 aromatic carbocycles. The van der Waals surface area contributed by atoms with E-state index in [1.54, 1.807) is 0 Å². The maximum atomic E-state index is 5.73. The standard InChI is InChI=1S/C13H22N2O/c1-13(2,3)11-9-15-12(16-11)5-4-8-14-10-6-7-10/h9-10,14H,4-8H2,1-3H3. The molecule has 3 heteroatoms. The Labute approximate surface area is 97.6 Å². The topological polar surface area (TPSA) is 38.1 Å². The minimum atomic E-state index is 0.0670. The summed E-state index contributed by atoms with van der Waals surface area (Å²) in [5, 5.41) is 3.49. The van der Waals surface area contributed by atoms with Gasteiger partial charge in [0.05, 0.1) is 6.20 Å². The first-order valence-corrected chi connectivity index (χ1v) is 6.24. The van der Waals surface area contributed by atoms with Gasteiger partial charge in [0, 0.05) is 17.9 Å². The van der Waals surface area contributed by atoms with Gasteiger partial charge in [-0.3, -0.25) is 0 Å². The zero-order valence-electron chi connectivity index (χ0n) is 10.5. The molecule has 1 aromatic rings. The van der Waals surface area contributed by atoms with Crippen LogP contribution in [-0.4, -0.2) is 17.6 Å². The molecule has 0 bridgehead atoms. The minimum Gasteiger partial charge on any atom is -0.445 e. The maximum absolute atomic E-state index is 5.73. The average Bonchev–Trinajstić information content (AvgIpc) is 2.88. The van der Waals surface area contributed by atoms with E-state index in [9.17, 15) is 0 Å². The summed E-state index contributed by atoms with van der Waals surface area (Å²) in [4.78, 5) is 4.32. The number of nitrogens with zero attached hydrogens (tertiary/aromatic N) is 1. The molecule has 0 aliphatic heterocycles. The van der Waals surface area contributed by atoms with Crippen molar-refractivity contribution in [3.05, 3.63) is 17.8 Å². The average molecular weight is 222 g/mol. The molecule has 0 unspecified atom stereocenters. The number of hydrogen-bond donors (Lipinski definition) is 1. The Balaban J connectivity index is 1.73. The second kappa shape index (κ2) is 4.58. The first-order valence-electron chi connectivity index (χ1n) is 6.24. The molecule has 1 fully saturated rings. The lowest BCUT2D eigenvalue weighted by Crippen LogP contribution is -2.17. The molecule has 0 atom stereocenters. The summed E-state index contributed by atoms with van der Waals surface area (Å²) >= 11 is 0. The summed E-state index contributed by atoms with van der Waals surface area (Å²) in [5.74, 6) is 1.86. The van der Waals surface area contributed by atoms with Crippen LogP contribution in [0.4, 0.5) is 0 Å². The van der Waals surface area contributed by atoms with E-state index in [0.717, 1.165) is 37.1 Å². The van der Waals surface area contributed by atoms with Crippen molar-refractivity contribution >= 4 is 0 Å². The number of aromatic nitrogens is 1. The Hall–Kier alpha value is -0.830. The van der Waals surface area contributed by atoms with Gasteiger partial charge in [-0.05, 0) is 25.8 Å². The van der Waals surface area contributed by atoms with Crippen LogP contribution in [0.5, 0.6) is 0 Å². The number of aryl methyl sites for hydroxylation is 1. The fourth-order valence-corrected chi connectivity index (χ4v) is 1.61. The zero-order valence-corrected chi connectivity index (χ0v) is 10.5. The number of hydrogen-bond acceptors (Lipinski definition) is 3. The lowest BCUT2D eigenvalue weighted by molar-refractivity contribution is 0.379. The molecule has 1 heterocycles. The van der Waals surface area contributed by atoms with E-state index < -0.39 is 0 Å². The van der Waals surface area contributed by atoms with E-state index in [-0.39, 0.29) is 5.41 Å². The summed E-state index contributed by atoms with van der Waals surface area (Å²) < 4.78 is 5.73. The fraction of sp³-hybridized carbons (Fsp3) is 0.769. The van der Waals surface area contributed by atoms with E-state index in [1.165, 1.54) is 12.8 Å². The van der Waals surface area contributed by atoms with Gasteiger partial charge in [-0.2, -0.15) is 0 Å². The Morgan fingerprint density at radius 3 is 2.75 bits per heavy atom. The van der Waals surface area contributed by atoms with Crippen molar-refractivity contribution in [1.82, 2.24) is 10.3 Å². The van der Waals surface area contributed by atoms with Crippen molar-refractivity contribution in [2.75, 3.05) is 6.54 Å². The first-order chi connectivity index (χ1) is 7.55. The highest BCUT2D eigenvalue weighted by Crippen LogP contribution is 2.23. The van der Waals surface area contributed by atoms with E-state index >= 15 is 0 Å². The molecule has 0 radical (unpaired) electrons. The van der Waals surface area contributed by atoms with Crippen LogP contribution < -0.4 is 5.32 Å². The van der Waals surface area contributed by atoms with Crippen molar-refractivity contribution in [3.63, 3.8) is 0 Å². The molecule has 16 heavy (non-hydrogen) atoms. The second-order valence-electron chi connectivity index (χ2n) is 5.70. The Kier molecular flexibility index (Phi) is 3.33. The Morgan fingerprint density at radius 2 is 2.19 bits per heavy atom. The molecule has 1 aliphatic carbocycles. The summed E-state index contributed by atoms with van der Waals surface area (Å²) in [5.41, 5.74) is 0.0670. The molecule has 1 aromatic heterocycles. The first kappa shape index (κ1) is 11.6. The van der Waals surface area contributed by atoms with Gasteiger partial charge in [-0.15, -0.1) is 0 Å². The lowest BCUT2D eigenvalue weighted by atomic mass is 9.94. The molecule has 3 nitrogen and oxygen atoms in total. The van der Waals surface area contributed by atoms with Crippen molar-refractivity contribution in [2.45, 2.75) is 57.9 Å². The predicted molar refractivity (Wildman–Crippen MR) is 64.5 cm³/mol. The SMILES string of the molecule is CC(C)(C)c1cnc(CCCNC2CC2)o1. The quantitative estimate of drug-likeness (QED) is 0.778. The summed E-state index contributed by atoms with van der Waals surface area (Å²) in [6, 6.07) is 0.801. The Bertz CT molecular complexity index is 334. The fourth-order valence-electron chi connectivity index (χ4n) is 1.61. The van der Waals surface area contributed by atoms with Crippen molar-refractivity contribution in [2.24, 2.45) is 0 Å². The number of nitrogens with one attached hydrogen (secondary N) is 1.